The molecular weight excluding hydrogens is 80.0 g/mol. The minimum absolute atomic E-state index is 0. The molecule has 0 aliphatic carbocycles. The van der Waals surface area contributed by atoms with Gasteiger partial charge in [-0.2, -0.15) is 0 Å². The molecule has 0 aliphatic rings. The lowest BCUT2D eigenvalue weighted by Gasteiger charge is -1.42. The molecule has 6 heavy (non-hydrogen) atoms. The number of tetrazole rings is 1. The second-order valence-electron chi connectivity index (χ2n) is 0.563. The summed E-state index contributed by atoms with van der Waals surface area (Å²) in [7, 11) is 0. The van der Waals surface area contributed by atoms with Crippen molar-refractivity contribution >= 4 is 0 Å². The first-order chi connectivity index (χ1) is 2.50. The third-order valence-corrected chi connectivity index (χ3v) is 0.270. The largest absolute Gasteiger partial charge is 0.246 e. The number of hydrogen-bond donors (Lipinski definition) is 1. The summed E-state index contributed by atoms with van der Waals surface area (Å²) in [4.78, 5) is 0. The van der Waals surface area contributed by atoms with Crippen LogP contribution >= 0.6 is 0 Å². The molecule has 4 heteroatoms. The van der Waals surface area contributed by atoms with Crippen molar-refractivity contribution in [2.45, 2.75) is 7.43 Å². The normalized spacial score (nSPS) is 6.67. The fraction of sp³-hybridized carbons (Fsp3) is 0.500. The van der Waals surface area contributed by atoms with Gasteiger partial charge in [-0.15, -0.1) is 5.10 Å². The standard InChI is InChI=1S/CH2N4.CH4/c1-2-4-5-3-1;/h1H,(H,2,3,4,5);1H4. The molecule has 0 spiro atoms. The molecule has 0 fully saturated rings. The Morgan fingerprint density at radius 1 is 1.50 bits per heavy atom. The van der Waals surface area contributed by atoms with Crippen molar-refractivity contribution < 1.29 is 0 Å². The average molecular weight is 86.1 g/mol. The minimum Gasteiger partial charge on any atom is -0.246 e. The van der Waals surface area contributed by atoms with Gasteiger partial charge in [0.15, 0.2) is 0 Å². The average Bonchev–Trinajstić information content (AvgIpc) is 1.76. The fourth-order valence-corrected chi connectivity index (χ4v) is 0.129. The van der Waals surface area contributed by atoms with Crippen molar-refractivity contribution in [2.75, 3.05) is 0 Å². The number of aromatic amines is 1. The van der Waals surface area contributed by atoms with Gasteiger partial charge in [-0.1, -0.05) is 7.43 Å². The van der Waals surface area contributed by atoms with Gasteiger partial charge in [0.05, 0.1) is 0 Å². The predicted octanol–water partition coefficient (Wildman–Crippen LogP) is -0.164. The number of hydrogen-bond acceptors (Lipinski definition) is 3. The van der Waals surface area contributed by atoms with E-state index in [1.165, 1.54) is 6.33 Å². The van der Waals surface area contributed by atoms with Crippen LogP contribution in [0.1, 0.15) is 7.43 Å². The number of aromatic nitrogens is 4. The lowest BCUT2D eigenvalue weighted by Crippen LogP contribution is -1.64. The molecule has 1 rings (SSSR count). The number of nitrogens with zero attached hydrogens (tertiary/aromatic N) is 3. The number of rotatable bonds is 0. The van der Waals surface area contributed by atoms with Crippen LogP contribution in [0.25, 0.3) is 0 Å². The molecule has 34 valence electrons. The molecule has 0 amide bonds. The van der Waals surface area contributed by atoms with E-state index in [4.69, 9.17) is 0 Å². The first-order valence-corrected chi connectivity index (χ1v) is 1.17. The van der Waals surface area contributed by atoms with Crippen molar-refractivity contribution in [3.05, 3.63) is 6.33 Å². The first-order valence-electron chi connectivity index (χ1n) is 1.17. The molecule has 0 aromatic carbocycles. The minimum atomic E-state index is 0. The summed E-state index contributed by atoms with van der Waals surface area (Å²) in [5.41, 5.74) is 0. The summed E-state index contributed by atoms with van der Waals surface area (Å²) in [6.45, 7) is 0. The molecule has 4 nitrogen and oxygen atoms in total. The Kier molecular flexibility index (Phi) is 1.96. The highest BCUT2D eigenvalue weighted by atomic mass is 15.5. The Hall–Kier alpha value is -0.930. The molecule has 0 atom stereocenters. The van der Waals surface area contributed by atoms with Gasteiger partial charge in [0, 0.05) is 0 Å². The van der Waals surface area contributed by atoms with Crippen LogP contribution in [-0.4, -0.2) is 20.6 Å². The van der Waals surface area contributed by atoms with E-state index in [2.05, 4.69) is 20.6 Å². The zero-order valence-corrected chi connectivity index (χ0v) is 2.42. The van der Waals surface area contributed by atoms with Crippen LogP contribution in [0.3, 0.4) is 0 Å². The zero-order valence-electron chi connectivity index (χ0n) is 2.42. The van der Waals surface area contributed by atoms with Gasteiger partial charge < -0.3 is 0 Å². The molecule has 1 aromatic rings. The van der Waals surface area contributed by atoms with Crippen molar-refractivity contribution in [1.82, 2.24) is 20.6 Å². The molecule has 0 saturated heterocycles. The maximum absolute atomic E-state index is 3.31. The van der Waals surface area contributed by atoms with Crippen molar-refractivity contribution in [3.8, 4) is 0 Å². The smallest absolute Gasteiger partial charge is 0.135 e. The summed E-state index contributed by atoms with van der Waals surface area (Å²) >= 11 is 0. The molecule has 1 heterocycles. The highest BCUT2D eigenvalue weighted by Gasteiger charge is 1.58. The van der Waals surface area contributed by atoms with E-state index in [9.17, 15) is 0 Å². The summed E-state index contributed by atoms with van der Waals surface area (Å²) in [5.74, 6) is 0. The van der Waals surface area contributed by atoms with Gasteiger partial charge in [0.25, 0.3) is 0 Å². The van der Waals surface area contributed by atoms with Crippen molar-refractivity contribution in [1.29, 1.82) is 0 Å². The second kappa shape index (κ2) is 2.32. The van der Waals surface area contributed by atoms with E-state index in [-0.39, 0.29) is 7.43 Å². The molecule has 1 N–H and O–H groups in total. The third-order valence-electron chi connectivity index (χ3n) is 0.270. The van der Waals surface area contributed by atoms with E-state index in [1.807, 2.05) is 0 Å². The highest BCUT2D eigenvalue weighted by Crippen LogP contribution is 1.43. The van der Waals surface area contributed by atoms with E-state index in [1.54, 1.807) is 0 Å². The quantitative estimate of drug-likeness (QED) is 0.477. The molecule has 0 aliphatic heterocycles. The van der Waals surface area contributed by atoms with Gasteiger partial charge in [0.1, 0.15) is 6.33 Å². The van der Waals surface area contributed by atoms with Gasteiger partial charge in [0.2, 0.25) is 0 Å². The van der Waals surface area contributed by atoms with Crippen LogP contribution in [0.2, 0.25) is 0 Å². The van der Waals surface area contributed by atoms with E-state index in [0.29, 0.717) is 0 Å². The molecule has 0 bridgehead atoms. The SMILES string of the molecule is C.c1nnn[nH]1. The van der Waals surface area contributed by atoms with Crippen LogP contribution < -0.4 is 0 Å². The van der Waals surface area contributed by atoms with Gasteiger partial charge in [-0.25, -0.2) is 5.10 Å². The Morgan fingerprint density at radius 3 is 2.50 bits per heavy atom. The summed E-state index contributed by atoms with van der Waals surface area (Å²) in [6, 6.07) is 0. The zero-order chi connectivity index (χ0) is 3.54. The first kappa shape index (κ1) is 5.07. The molecule has 0 saturated carbocycles. The summed E-state index contributed by atoms with van der Waals surface area (Å²) in [6.07, 6.45) is 1.40. The van der Waals surface area contributed by atoms with E-state index < -0.39 is 0 Å². The topological polar surface area (TPSA) is 54.5 Å². The predicted molar refractivity (Wildman–Crippen MR) is 20.9 cm³/mol. The Labute approximate surface area is 35.6 Å². The van der Waals surface area contributed by atoms with Crippen LogP contribution in [0.5, 0.6) is 0 Å². The van der Waals surface area contributed by atoms with Gasteiger partial charge in [-0.3, -0.25) is 0 Å². The Bertz CT molecular complexity index is 62.0. The lowest BCUT2D eigenvalue weighted by atomic mass is 11.4. The van der Waals surface area contributed by atoms with Crippen LogP contribution in [0, 0.1) is 0 Å². The Balaban J connectivity index is 0.000000250. The van der Waals surface area contributed by atoms with Crippen LogP contribution in [0.15, 0.2) is 6.33 Å². The summed E-state index contributed by atoms with van der Waals surface area (Å²) < 4.78 is 0. The number of nitrogens with one attached hydrogen (secondary N) is 1. The maximum atomic E-state index is 3.31. The molecule has 1 aromatic heterocycles. The van der Waals surface area contributed by atoms with Crippen LogP contribution in [-0.2, 0) is 0 Å². The molecule has 0 radical (unpaired) electrons. The fourth-order valence-electron chi connectivity index (χ4n) is 0.129. The van der Waals surface area contributed by atoms with E-state index >= 15 is 0 Å². The highest BCUT2D eigenvalue weighted by molar-refractivity contribution is 4.24. The second-order valence-corrected chi connectivity index (χ2v) is 0.563. The maximum Gasteiger partial charge on any atom is 0.135 e. The molecule has 0 unspecified atom stereocenters. The summed E-state index contributed by atoms with van der Waals surface area (Å²) in [5, 5.41) is 12.1. The molecular formula is C2H6N4. The van der Waals surface area contributed by atoms with Crippen LogP contribution in [0.4, 0.5) is 0 Å². The lowest BCUT2D eigenvalue weighted by molar-refractivity contribution is 0.881. The van der Waals surface area contributed by atoms with Crippen molar-refractivity contribution in [2.24, 2.45) is 0 Å². The number of H-pyrrole nitrogens is 1. The third kappa shape index (κ3) is 0.794. The monoisotopic (exact) mass is 86.1 g/mol. The van der Waals surface area contributed by atoms with Gasteiger partial charge in [-0.05, 0) is 10.4 Å². The van der Waals surface area contributed by atoms with E-state index in [0.717, 1.165) is 0 Å². The van der Waals surface area contributed by atoms with Gasteiger partial charge >= 0.3 is 0 Å². The van der Waals surface area contributed by atoms with Crippen molar-refractivity contribution in [3.63, 3.8) is 0 Å². The Morgan fingerprint density at radius 2 is 2.33 bits per heavy atom.